The third-order valence-corrected chi connectivity index (χ3v) is 5.48. The largest absolute Gasteiger partial charge is 0.382 e. The highest BCUT2D eigenvalue weighted by atomic mass is 35.5. The summed E-state index contributed by atoms with van der Waals surface area (Å²) >= 11 is 6.10. The summed E-state index contributed by atoms with van der Waals surface area (Å²) in [6.45, 7) is 9.15. The molecule has 1 fully saturated rings. The van der Waals surface area contributed by atoms with Crippen LogP contribution in [0.2, 0.25) is 5.02 Å². The Hall–Kier alpha value is -1.48. The third kappa shape index (κ3) is 1.69. The Morgan fingerprint density at radius 1 is 1.20 bits per heavy atom. The van der Waals surface area contributed by atoms with Crippen LogP contribution >= 0.6 is 11.6 Å². The monoisotopic (exact) mass is 289 g/mol. The lowest BCUT2D eigenvalue weighted by atomic mass is 9.99. The maximum atomic E-state index is 6.10. The Labute approximate surface area is 124 Å². The Morgan fingerprint density at radius 2 is 1.85 bits per heavy atom. The number of nitrogens with two attached hydrogens (primary N) is 1. The van der Waals surface area contributed by atoms with E-state index in [1.54, 1.807) is 0 Å². The molecule has 0 bridgehead atoms. The zero-order valence-electron chi connectivity index (χ0n) is 12.3. The predicted molar refractivity (Wildman–Crippen MR) is 83.7 cm³/mol. The number of anilines is 1. The molecule has 20 heavy (non-hydrogen) atoms. The molecule has 106 valence electrons. The molecule has 1 aliphatic rings. The van der Waals surface area contributed by atoms with E-state index in [9.17, 15) is 0 Å². The van der Waals surface area contributed by atoms with Gasteiger partial charge < -0.3 is 5.73 Å². The molecule has 1 aliphatic carbocycles. The summed E-state index contributed by atoms with van der Waals surface area (Å²) in [7, 11) is 0. The Bertz CT molecular complexity index is 656. The van der Waals surface area contributed by atoms with Crippen LogP contribution in [0.1, 0.15) is 39.3 Å². The maximum Gasteiger partial charge on any atom is 0.153 e. The molecule has 1 saturated carbocycles. The molecule has 3 rings (SSSR count). The normalized spacial score (nSPS) is 20.1. The summed E-state index contributed by atoms with van der Waals surface area (Å²) in [5.41, 5.74) is 9.70. The molecule has 1 aromatic carbocycles. The van der Waals surface area contributed by atoms with E-state index in [4.69, 9.17) is 17.3 Å². The fraction of sp³-hybridized carbons (Fsp3) is 0.438. The lowest BCUT2D eigenvalue weighted by Crippen LogP contribution is -1.95. The van der Waals surface area contributed by atoms with Crippen LogP contribution in [0.4, 0.5) is 5.82 Å². The highest BCUT2D eigenvalue weighted by Crippen LogP contribution is 2.74. The fourth-order valence-corrected chi connectivity index (χ4v) is 3.63. The van der Waals surface area contributed by atoms with Crippen LogP contribution in [0.5, 0.6) is 0 Å². The van der Waals surface area contributed by atoms with E-state index in [1.807, 2.05) is 24.3 Å². The van der Waals surface area contributed by atoms with Crippen molar-refractivity contribution in [1.82, 2.24) is 10.2 Å². The van der Waals surface area contributed by atoms with Gasteiger partial charge in [0.15, 0.2) is 5.82 Å². The number of halogens is 1. The van der Waals surface area contributed by atoms with Gasteiger partial charge in [-0.25, -0.2) is 0 Å². The minimum Gasteiger partial charge on any atom is -0.382 e. The van der Waals surface area contributed by atoms with Crippen molar-refractivity contribution in [3.63, 3.8) is 0 Å². The number of rotatable bonds is 2. The van der Waals surface area contributed by atoms with Crippen molar-refractivity contribution in [3.8, 4) is 11.1 Å². The third-order valence-electron chi connectivity index (χ3n) is 5.24. The first kappa shape index (κ1) is 13.5. The average molecular weight is 290 g/mol. The molecule has 0 unspecified atom stereocenters. The summed E-state index contributed by atoms with van der Waals surface area (Å²) in [6, 6.07) is 7.77. The molecule has 1 heterocycles. The van der Waals surface area contributed by atoms with Crippen LogP contribution in [0.25, 0.3) is 11.1 Å². The van der Waals surface area contributed by atoms with Crippen molar-refractivity contribution in [3.05, 3.63) is 35.0 Å². The molecule has 2 aromatic rings. The molecule has 0 radical (unpaired) electrons. The van der Waals surface area contributed by atoms with E-state index in [0.29, 0.717) is 16.8 Å². The molecule has 0 aliphatic heterocycles. The summed E-state index contributed by atoms with van der Waals surface area (Å²) in [5, 5.41) is 8.08. The second-order valence-corrected chi connectivity index (χ2v) is 7.22. The lowest BCUT2D eigenvalue weighted by Gasteiger charge is -2.06. The first-order valence-electron chi connectivity index (χ1n) is 6.86. The van der Waals surface area contributed by atoms with Crippen LogP contribution in [0, 0.1) is 10.8 Å². The van der Waals surface area contributed by atoms with Crippen LogP contribution in [-0.4, -0.2) is 10.2 Å². The zero-order chi connectivity index (χ0) is 14.7. The smallest absolute Gasteiger partial charge is 0.153 e. The topological polar surface area (TPSA) is 54.7 Å². The summed E-state index contributed by atoms with van der Waals surface area (Å²) in [4.78, 5) is 0. The lowest BCUT2D eigenvalue weighted by molar-refractivity contribution is 0.457. The van der Waals surface area contributed by atoms with Gasteiger partial charge in [0.25, 0.3) is 0 Å². The van der Waals surface area contributed by atoms with Gasteiger partial charge in [-0.3, -0.25) is 5.10 Å². The van der Waals surface area contributed by atoms with Gasteiger partial charge in [-0.05, 0) is 28.5 Å². The van der Waals surface area contributed by atoms with Crippen LogP contribution in [0.15, 0.2) is 24.3 Å². The van der Waals surface area contributed by atoms with Gasteiger partial charge in [0, 0.05) is 22.2 Å². The molecule has 0 amide bonds. The number of aromatic nitrogens is 2. The minimum atomic E-state index is 0.235. The van der Waals surface area contributed by atoms with Crippen molar-refractivity contribution in [2.75, 3.05) is 5.73 Å². The number of nitrogens with one attached hydrogen (secondary N) is 1. The Kier molecular flexibility index (Phi) is 2.71. The van der Waals surface area contributed by atoms with Crippen molar-refractivity contribution in [2.24, 2.45) is 10.8 Å². The first-order valence-corrected chi connectivity index (χ1v) is 7.24. The van der Waals surface area contributed by atoms with E-state index < -0.39 is 0 Å². The first-order chi connectivity index (χ1) is 9.26. The Morgan fingerprint density at radius 3 is 2.40 bits per heavy atom. The number of hydrogen-bond donors (Lipinski definition) is 2. The molecule has 3 N–H and O–H groups in total. The van der Waals surface area contributed by atoms with E-state index >= 15 is 0 Å². The van der Waals surface area contributed by atoms with Crippen LogP contribution < -0.4 is 5.73 Å². The maximum absolute atomic E-state index is 6.10. The highest BCUT2D eigenvalue weighted by Gasteiger charge is 2.66. The number of hydrogen-bond acceptors (Lipinski definition) is 2. The van der Waals surface area contributed by atoms with Crippen LogP contribution in [0.3, 0.4) is 0 Å². The molecular formula is C16H20ClN3. The highest BCUT2D eigenvalue weighted by molar-refractivity contribution is 6.30. The average Bonchev–Trinajstić information content (AvgIpc) is 2.64. The second kappa shape index (κ2) is 4.01. The van der Waals surface area contributed by atoms with Crippen molar-refractivity contribution in [2.45, 2.75) is 33.6 Å². The van der Waals surface area contributed by atoms with Gasteiger partial charge in [0.2, 0.25) is 0 Å². The van der Waals surface area contributed by atoms with Gasteiger partial charge >= 0.3 is 0 Å². The molecule has 3 nitrogen and oxygen atoms in total. The quantitative estimate of drug-likeness (QED) is 0.857. The van der Waals surface area contributed by atoms with E-state index in [-0.39, 0.29) is 10.8 Å². The number of aromatic amines is 1. The van der Waals surface area contributed by atoms with Crippen molar-refractivity contribution < 1.29 is 0 Å². The molecule has 0 saturated heterocycles. The zero-order valence-corrected chi connectivity index (χ0v) is 13.0. The SMILES string of the molecule is CC1(C)C(c2[nH]nc(N)c2-c2cccc(Cl)c2)C1(C)C. The molecule has 0 spiro atoms. The summed E-state index contributed by atoms with van der Waals surface area (Å²) in [5.74, 6) is 0.967. The number of nitrogen functional groups attached to an aromatic ring is 1. The number of benzene rings is 1. The Balaban J connectivity index is 2.13. The van der Waals surface area contributed by atoms with E-state index in [2.05, 4.69) is 37.9 Å². The standard InChI is InChI=1S/C16H20ClN3/c1-15(2)13(16(15,3)4)12-11(14(18)20-19-12)9-6-5-7-10(17)8-9/h5-8,13H,1-4H3,(H3,18,19,20). The summed E-state index contributed by atoms with van der Waals surface area (Å²) < 4.78 is 0. The van der Waals surface area contributed by atoms with Gasteiger partial charge in [0.05, 0.1) is 0 Å². The fourth-order valence-electron chi connectivity index (χ4n) is 3.44. The van der Waals surface area contributed by atoms with E-state index in [0.717, 1.165) is 16.8 Å². The number of nitrogens with zero attached hydrogens (tertiary/aromatic N) is 1. The van der Waals surface area contributed by atoms with Gasteiger partial charge in [-0.2, -0.15) is 5.10 Å². The second-order valence-electron chi connectivity index (χ2n) is 6.78. The number of H-pyrrole nitrogens is 1. The van der Waals surface area contributed by atoms with Gasteiger partial charge in [-0.15, -0.1) is 0 Å². The predicted octanol–water partition coefficient (Wildman–Crippen LogP) is 4.46. The molecule has 4 heteroatoms. The van der Waals surface area contributed by atoms with Crippen LogP contribution in [-0.2, 0) is 0 Å². The van der Waals surface area contributed by atoms with Crippen molar-refractivity contribution in [1.29, 1.82) is 0 Å². The molecule has 1 aromatic heterocycles. The van der Waals surface area contributed by atoms with Gasteiger partial charge in [-0.1, -0.05) is 51.4 Å². The molecule has 0 atom stereocenters. The molecular weight excluding hydrogens is 270 g/mol. The van der Waals surface area contributed by atoms with E-state index in [1.165, 1.54) is 0 Å². The van der Waals surface area contributed by atoms with Crippen molar-refractivity contribution >= 4 is 17.4 Å². The minimum absolute atomic E-state index is 0.235. The summed E-state index contributed by atoms with van der Waals surface area (Å²) in [6.07, 6.45) is 0. The van der Waals surface area contributed by atoms with Gasteiger partial charge in [0.1, 0.15) is 0 Å².